The van der Waals surface area contributed by atoms with E-state index in [1.807, 2.05) is 25.1 Å². The molecule has 1 N–H and O–H groups in total. The van der Waals surface area contributed by atoms with Crippen LogP contribution in [0.25, 0.3) is 0 Å². The van der Waals surface area contributed by atoms with E-state index < -0.39 is 22.5 Å². The zero-order chi connectivity index (χ0) is 22.4. The summed E-state index contributed by atoms with van der Waals surface area (Å²) in [5, 5.41) is 2.78. The number of benzene rings is 3. The molecule has 31 heavy (non-hydrogen) atoms. The van der Waals surface area contributed by atoms with Crippen molar-refractivity contribution < 1.29 is 17.9 Å². The van der Waals surface area contributed by atoms with Gasteiger partial charge in [0, 0.05) is 5.69 Å². The molecule has 0 atom stereocenters. The lowest BCUT2D eigenvalue weighted by molar-refractivity contribution is -0.114. The molecule has 0 fully saturated rings. The molecule has 7 heteroatoms. The van der Waals surface area contributed by atoms with Gasteiger partial charge < -0.3 is 10.1 Å². The number of aryl methyl sites for hydroxylation is 2. The van der Waals surface area contributed by atoms with Gasteiger partial charge >= 0.3 is 0 Å². The standard InChI is InChI=1S/C24H26N2O4S/c1-4-19-11-13-20(14-12-19)25-24(27)17-26(22-16-18(2)10-15-23(22)30-3)31(28,29)21-8-6-5-7-9-21/h5-16H,4,17H2,1-3H3,(H,25,27). The summed E-state index contributed by atoms with van der Waals surface area (Å²) < 4.78 is 33.4. The van der Waals surface area contributed by atoms with Crippen LogP contribution in [-0.2, 0) is 21.2 Å². The van der Waals surface area contributed by atoms with Gasteiger partial charge in [-0.15, -0.1) is 0 Å². The summed E-state index contributed by atoms with van der Waals surface area (Å²) >= 11 is 0. The maximum Gasteiger partial charge on any atom is 0.264 e. The molecule has 162 valence electrons. The molecule has 0 saturated heterocycles. The van der Waals surface area contributed by atoms with Gasteiger partial charge in [0.05, 0.1) is 17.7 Å². The van der Waals surface area contributed by atoms with Crippen molar-refractivity contribution in [1.82, 2.24) is 0 Å². The zero-order valence-electron chi connectivity index (χ0n) is 17.8. The Balaban J connectivity index is 1.98. The molecule has 0 aliphatic rings. The first-order chi connectivity index (χ1) is 14.8. The molecule has 0 aromatic heterocycles. The van der Waals surface area contributed by atoms with Crippen molar-refractivity contribution in [3.63, 3.8) is 0 Å². The van der Waals surface area contributed by atoms with Gasteiger partial charge in [-0.25, -0.2) is 8.42 Å². The van der Waals surface area contributed by atoms with Crippen LogP contribution in [0.4, 0.5) is 11.4 Å². The van der Waals surface area contributed by atoms with Crippen molar-refractivity contribution in [2.75, 3.05) is 23.3 Å². The third kappa shape index (κ3) is 5.24. The van der Waals surface area contributed by atoms with Crippen LogP contribution in [0.3, 0.4) is 0 Å². The van der Waals surface area contributed by atoms with Crippen LogP contribution >= 0.6 is 0 Å². The molecular formula is C24H26N2O4S. The minimum Gasteiger partial charge on any atom is -0.495 e. The van der Waals surface area contributed by atoms with Crippen LogP contribution in [0.2, 0.25) is 0 Å². The number of methoxy groups -OCH3 is 1. The highest BCUT2D eigenvalue weighted by molar-refractivity contribution is 7.92. The summed E-state index contributed by atoms with van der Waals surface area (Å²) in [6, 6.07) is 20.7. The third-order valence-corrected chi connectivity index (χ3v) is 6.64. The van der Waals surface area contributed by atoms with Crippen molar-refractivity contribution in [2.24, 2.45) is 0 Å². The third-order valence-electron chi connectivity index (χ3n) is 4.87. The molecule has 3 aromatic rings. The Bertz CT molecular complexity index is 1140. The highest BCUT2D eigenvalue weighted by atomic mass is 32.2. The Morgan fingerprint density at radius 2 is 1.68 bits per heavy atom. The minimum absolute atomic E-state index is 0.0960. The highest BCUT2D eigenvalue weighted by Crippen LogP contribution is 2.33. The number of carbonyl (C=O) groups is 1. The number of nitrogens with one attached hydrogen (secondary N) is 1. The Labute approximate surface area is 183 Å². The van der Waals surface area contributed by atoms with Crippen LogP contribution in [0, 0.1) is 6.92 Å². The van der Waals surface area contributed by atoms with Crippen molar-refractivity contribution in [3.05, 3.63) is 83.9 Å². The van der Waals surface area contributed by atoms with Crippen LogP contribution in [0.1, 0.15) is 18.1 Å². The van der Waals surface area contributed by atoms with Crippen LogP contribution in [-0.4, -0.2) is 28.0 Å². The van der Waals surface area contributed by atoms with Crippen molar-refractivity contribution >= 4 is 27.3 Å². The van der Waals surface area contributed by atoms with Gasteiger partial charge in [-0.2, -0.15) is 0 Å². The lowest BCUT2D eigenvalue weighted by atomic mass is 10.1. The fraction of sp³-hybridized carbons (Fsp3) is 0.208. The maximum atomic E-state index is 13.5. The molecule has 0 saturated carbocycles. The number of hydrogen-bond acceptors (Lipinski definition) is 4. The largest absolute Gasteiger partial charge is 0.495 e. The molecule has 0 aliphatic heterocycles. The van der Waals surface area contributed by atoms with E-state index in [-0.39, 0.29) is 4.90 Å². The molecule has 0 aliphatic carbocycles. The number of nitrogens with zero attached hydrogens (tertiary/aromatic N) is 1. The fourth-order valence-corrected chi connectivity index (χ4v) is 4.61. The summed E-state index contributed by atoms with van der Waals surface area (Å²) in [5.41, 5.74) is 2.91. The Kier molecular flexibility index (Phi) is 6.97. The van der Waals surface area contributed by atoms with Crippen LogP contribution in [0.5, 0.6) is 5.75 Å². The van der Waals surface area contributed by atoms with E-state index in [0.29, 0.717) is 17.1 Å². The Hall–Kier alpha value is -3.32. The number of ether oxygens (including phenoxy) is 1. The monoisotopic (exact) mass is 438 g/mol. The molecular weight excluding hydrogens is 412 g/mol. The summed E-state index contributed by atoms with van der Waals surface area (Å²) in [6.45, 7) is 3.51. The lowest BCUT2D eigenvalue weighted by Gasteiger charge is -2.26. The van der Waals surface area contributed by atoms with E-state index in [0.717, 1.165) is 21.9 Å². The molecule has 0 heterocycles. The van der Waals surface area contributed by atoms with E-state index in [1.54, 1.807) is 42.5 Å². The van der Waals surface area contributed by atoms with Gasteiger partial charge in [-0.1, -0.05) is 43.3 Å². The topological polar surface area (TPSA) is 75.7 Å². The second-order valence-electron chi connectivity index (χ2n) is 7.10. The molecule has 0 bridgehead atoms. The molecule has 6 nitrogen and oxygen atoms in total. The number of sulfonamides is 1. The molecule has 0 radical (unpaired) electrons. The number of hydrogen-bond donors (Lipinski definition) is 1. The Morgan fingerprint density at radius 1 is 1.00 bits per heavy atom. The maximum absolute atomic E-state index is 13.5. The second-order valence-corrected chi connectivity index (χ2v) is 8.96. The molecule has 3 rings (SSSR count). The van der Waals surface area contributed by atoms with E-state index in [9.17, 15) is 13.2 Å². The highest BCUT2D eigenvalue weighted by Gasteiger charge is 2.29. The molecule has 0 spiro atoms. The Morgan fingerprint density at radius 3 is 2.29 bits per heavy atom. The molecule has 1 amide bonds. The summed E-state index contributed by atoms with van der Waals surface area (Å²) in [4.78, 5) is 13.0. The van der Waals surface area contributed by atoms with Gasteiger partial charge in [0.15, 0.2) is 0 Å². The second kappa shape index (κ2) is 9.66. The quantitative estimate of drug-likeness (QED) is 0.566. The fourth-order valence-electron chi connectivity index (χ4n) is 3.17. The smallest absolute Gasteiger partial charge is 0.264 e. The van der Waals surface area contributed by atoms with Gasteiger partial charge in [-0.3, -0.25) is 9.10 Å². The van der Waals surface area contributed by atoms with Crippen molar-refractivity contribution in [3.8, 4) is 5.75 Å². The molecule has 3 aromatic carbocycles. The summed E-state index contributed by atoms with van der Waals surface area (Å²) in [7, 11) is -2.54. The van der Waals surface area contributed by atoms with Gasteiger partial charge in [0.25, 0.3) is 10.0 Å². The van der Waals surface area contributed by atoms with Gasteiger partial charge in [0.2, 0.25) is 5.91 Å². The number of rotatable bonds is 8. The van der Waals surface area contributed by atoms with E-state index in [4.69, 9.17) is 4.74 Å². The average Bonchev–Trinajstić information content (AvgIpc) is 2.78. The average molecular weight is 439 g/mol. The number of carbonyl (C=O) groups excluding carboxylic acids is 1. The van der Waals surface area contributed by atoms with Crippen LogP contribution in [0.15, 0.2) is 77.7 Å². The predicted octanol–water partition coefficient (Wildman–Crippen LogP) is 4.40. The van der Waals surface area contributed by atoms with E-state index in [1.165, 1.54) is 19.2 Å². The number of amides is 1. The van der Waals surface area contributed by atoms with E-state index >= 15 is 0 Å². The zero-order valence-corrected chi connectivity index (χ0v) is 18.6. The first-order valence-corrected chi connectivity index (χ1v) is 11.4. The SMILES string of the molecule is CCc1ccc(NC(=O)CN(c2cc(C)ccc2OC)S(=O)(=O)c2ccccc2)cc1. The normalized spacial score (nSPS) is 11.1. The predicted molar refractivity (Wildman–Crippen MR) is 123 cm³/mol. The first kappa shape index (κ1) is 22.4. The van der Waals surface area contributed by atoms with Gasteiger partial charge in [-0.05, 0) is 60.9 Å². The van der Waals surface area contributed by atoms with Crippen LogP contribution < -0.4 is 14.4 Å². The van der Waals surface area contributed by atoms with Crippen molar-refractivity contribution in [1.29, 1.82) is 0 Å². The summed E-state index contributed by atoms with van der Waals surface area (Å²) in [6.07, 6.45) is 0.893. The lowest BCUT2D eigenvalue weighted by Crippen LogP contribution is -2.38. The minimum atomic E-state index is -4.01. The van der Waals surface area contributed by atoms with E-state index in [2.05, 4.69) is 12.2 Å². The number of anilines is 2. The van der Waals surface area contributed by atoms with Crippen molar-refractivity contribution in [2.45, 2.75) is 25.2 Å². The summed E-state index contributed by atoms with van der Waals surface area (Å²) in [5.74, 6) is -0.0856. The first-order valence-electron chi connectivity index (χ1n) is 9.96. The molecule has 0 unspecified atom stereocenters. The van der Waals surface area contributed by atoms with Gasteiger partial charge in [0.1, 0.15) is 12.3 Å².